The minimum Gasteiger partial charge on any atom is -0.310 e. The minimum atomic E-state index is -0.146. The van der Waals surface area contributed by atoms with Crippen LogP contribution in [0.4, 0.5) is 4.39 Å². The maximum atomic E-state index is 13.9. The minimum absolute atomic E-state index is 0.146. The van der Waals surface area contributed by atoms with Crippen molar-refractivity contribution < 1.29 is 4.39 Å². The van der Waals surface area contributed by atoms with Crippen LogP contribution in [-0.4, -0.2) is 6.04 Å². The number of benzene rings is 2. The van der Waals surface area contributed by atoms with Crippen molar-refractivity contribution in [1.29, 1.82) is 0 Å². The summed E-state index contributed by atoms with van der Waals surface area (Å²) in [6.07, 6.45) is 0. The van der Waals surface area contributed by atoms with Gasteiger partial charge in [-0.15, -0.1) is 0 Å². The quantitative estimate of drug-likeness (QED) is 0.856. The third-order valence-corrected chi connectivity index (χ3v) is 3.66. The molecule has 2 heteroatoms. The van der Waals surface area contributed by atoms with E-state index >= 15 is 0 Å². The van der Waals surface area contributed by atoms with Crippen molar-refractivity contribution in [3.05, 3.63) is 58.9 Å². The topological polar surface area (TPSA) is 12.0 Å². The van der Waals surface area contributed by atoms with Crippen molar-refractivity contribution in [2.24, 2.45) is 0 Å². The average molecular weight is 271 g/mol. The van der Waals surface area contributed by atoms with E-state index in [9.17, 15) is 4.39 Å². The largest absolute Gasteiger partial charge is 0.310 e. The lowest BCUT2D eigenvalue weighted by Gasteiger charge is -2.13. The molecule has 0 amide bonds. The monoisotopic (exact) mass is 271 g/mol. The number of hydrogen-bond donors (Lipinski definition) is 1. The SMILES string of the molecule is Cc1cccc(-c2ccc(F)c(CNC(C)C)c2)c1C. The van der Waals surface area contributed by atoms with Gasteiger partial charge in [0.2, 0.25) is 0 Å². The Morgan fingerprint density at radius 2 is 1.85 bits per heavy atom. The first-order valence-electron chi connectivity index (χ1n) is 7.07. The predicted molar refractivity (Wildman–Crippen MR) is 83.3 cm³/mol. The van der Waals surface area contributed by atoms with E-state index < -0.39 is 0 Å². The number of hydrogen-bond acceptors (Lipinski definition) is 1. The van der Waals surface area contributed by atoms with E-state index in [0.29, 0.717) is 12.6 Å². The van der Waals surface area contributed by atoms with Gasteiger partial charge in [-0.1, -0.05) is 38.1 Å². The van der Waals surface area contributed by atoms with E-state index in [4.69, 9.17) is 0 Å². The Kier molecular flexibility index (Phi) is 4.56. The Bertz CT molecular complexity index is 602. The number of rotatable bonds is 4. The Labute approximate surface area is 120 Å². The van der Waals surface area contributed by atoms with Crippen LogP contribution >= 0.6 is 0 Å². The number of halogens is 1. The van der Waals surface area contributed by atoms with Gasteiger partial charge in [0.25, 0.3) is 0 Å². The first-order chi connectivity index (χ1) is 9.49. The summed E-state index contributed by atoms with van der Waals surface area (Å²) < 4.78 is 13.9. The van der Waals surface area contributed by atoms with Gasteiger partial charge < -0.3 is 5.32 Å². The molecule has 20 heavy (non-hydrogen) atoms. The summed E-state index contributed by atoms with van der Waals surface area (Å²) >= 11 is 0. The van der Waals surface area contributed by atoms with Gasteiger partial charge in [0.15, 0.2) is 0 Å². The van der Waals surface area contributed by atoms with Crippen LogP contribution in [0.5, 0.6) is 0 Å². The van der Waals surface area contributed by atoms with Crippen molar-refractivity contribution in [3.8, 4) is 11.1 Å². The van der Waals surface area contributed by atoms with E-state index in [2.05, 4.69) is 45.1 Å². The highest BCUT2D eigenvalue weighted by molar-refractivity contribution is 5.69. The molecule has 0 saturated carbocycles. The molecule has 0 bridgehead atoms. The van der Waals surface area contributed by atoms with Crippen LogP contribution in [0.3, 0.4) is 0 Å². The smallest absolute Gasteiger partial charge is 0.127 e. The molecule has 0 radical (unpaired) electrons. The Balaban J connectivity index is 2.38. The maximum Gasteiger partial charge on any atom is 0.127 e. The lowest BCUT2D eigenvalue weighted by molar-refractivity contribution is 0.553. The average Bonchev–Trinajstić information content (AvgIpc) is 2.41. The molecule has 0 fully saturated rings. The molecule has 0 aliphatic rings. The summed E-state index contributed by atoms with van der Waals surface area (Å²) in [6.45, 7) is 8.89. The Morgan fingerprint density at radius 3 is 2.55 bits per heavy atom. The molecule has 2 rings (SSSR count). The zero-order valence-electron chi connectivity index (χ0n) is 12.6. The molecular weight excluding hydrogens is 249 g/mol. The molecule has 0 heterocycles. The fourth-order valence-electron chi connectivity index (χ4n) is 2.26. The van der Waals surface area contributed by atoms with Crippen LogP contribution in [0.15, 0.2) is 36.4 Å². The van der Waals surface area contributed by atoms with Crippen LogP contribution in [0.1, 0.15) is 30.5 Å². The van der Waals surface area contributed by atoms with Gasteiger partial charge >= 0.3 is 0 Å². The van der Waals surface area contributed by atoms with E-state index in [1.807, 2.05) is 18.2 Å². The van der Waals surface area contributed by atoms with Gasteiger partial charge in [-0.2, -0.15) is 0 Å². The fraction of sp³-hybridized carbons (Fsp3) is 0.333. The van der Waals surface area contributed by atoms with Crippen LogP contribution in [-0.2, 0) is 6.54 Å². The standard InChI is InChI=1S/C18H22FN/c1-12(2)20-11-16-10-15(8-9-18(16)19)17-7-5-6-13(3)14(17)4/h5-10,12,20H,11H2,1-4H3. The van der Waals surface area contributed by atoms with Crippen molar-refractivity contribution in [3.63, 3.8) is 0 Å². The van der Waals surface area contributed by atoms with Gasteiger partial charge in [0.1, 0.15) is 5.82 Å². The molecule has 0 spiro atoms. The Hall–Kier alpha value is -1.67. The van der Waals surface area contributed by atoms with Crippen molar-refractivity contribution >= 4 is 0 Å². The highest BCUT2D eigenvalue weighted by Gasteiger charge is 2.08. The predicted octanol–water partition coefficient (Wildman–Crippen LogP) is 4.61. The number of nitrogens with one attached hydrogen (secondary N) is 1. The van der Waals surface area contributed by atoms with E-state index in [-0.39, 0.29) is 5.82 Å². The first-order valence-corrected chi connectivity index (χ1v) is 7.07. The van der Waals surface area contributed by atoms with Gasteiger partial charge in [0.05, 0.1) is 0 Å². The lowest BCUT2D eigenvalue weighted by Crippen LogP contribution is -2.22. The van der Waals surface area contributed by atoms with Crippen molar-refractivity contribution in [2.75, 3.05) is 0 Å². The third-order valence-electron chi connectivity index (χ3n) is 3.66. The Morgan fingerprint density at radius 1 is 1.10 bits per heavy atom. The van der Waals surface area contributed by atoms with Crippen LogP contribution in [0.2, 0.25) is 0 Å². The van der Waals surface area contributed by atoms with Gasteiger partial charge in [-0.05, 0) is 48.2 Å². The zero-order valence-corrected chi connectivity index (χ0v) is 12.6. The summed E-state index contributed by atoms with van der Waals surface area (Å²) in [5.41, 5.74) is 5.48. The summed E-state index contributed by atoms with van der Waals surface area (Å²) in [6, 6.07) is 12.0. The van der Waals surface area contributed by atoms with Gasteiger partial charge in [0, 0.05) is 18.2 Å². The molecule has 2 aromatic carbocycles. The maximum absolute atomic E-state index is 13.9. The van der Waals surface area contributed by atoms with E-state index in [1.165, 1.54) is 16.7 Å². The summed E-state index contributed by atoms with van der Waals surface area (Å²) in [7, 11) is 0. The van der Waals surface area contributed by atoms with Crippen molar-refractivity contribution in [2.45, 2.75) is 40.3 Å². The second kappa shape index (κ2) is 6.19. The molecule has 0 saturated heterocycles. The van der Waals surface area contributed by atoms with Gasteiger partial charge in [-0.25, -0.2) is 4.39 Å². The van der Waals surface area contributed by atoms with E-state index in [1.54, 1.807) is 6.07 Å². The van der Waals surface area contributed by atoms with E-state index in [0.717, 1.165) is 11.1 Å². The molecule has 1 nitrogen and oxygen atoms in total. The van der Waals surface area contributed by atoms with Crippen molar-refractivity contribution in [1.82, 2.24) is 5.32 Å². The molecule has 0 unspecified atom stereocenters. The zero-order chi connectivity index (χ0) is 14.7. The lowest BCUT2D eigenvalue weighted by atomic mass is 9.96. The molecule has 1 N–H and O–H groups in total. The van der Waals surface area contributed by atoms with Crippen LogP contribution in [0, 0.1) is 19.7 Å². The second-order valence-electron chi connectivity index (χ2n) is 5.59. The molecular formula is C18H22FN. The van der Waals surface area contributed by atoms with Crippen LogP contribution in [0.25, 0.3) is 11.1 Å². The van der Waals surface area contributed by atoms with Gasteiger partial charge in [-0.3, -0.25) is 0 Å². The molecule has 0 atom stereocenters. The summed E-state index contributed by atoms with van der Waals surface area (Å²) in [4.78, 5) is 0. The van der Waals surface area contributed by atoms with Crippen LogP contribution < -0.4 is 5.32 Å². The molecule has 0 aliphatic carbocycles. The summed E-state index contributed by atoms with van der Waals surface area (Å²) in [5, 5.41) is 3.27. The highest BCUT2D eigenvalue weighted by atomic mass is 19.1. The summed E-state index contributed by atoms with van der Waals surface area (Å²) in [5.74, 6) is -0.146. The molecule has 0 aromatic heterocycles. The fourth-order valence-corrected chi connectivity index (χ4v) is 2.26. The first kappa shape index (κ1) is 14.7. The molecule has 2 aromatic rings. The highest BCUT2D eigenvalue weighted by Crippen LogP contribution is 2.27. The normalized spacial score (nSPS) is 11.1. The molecule has 0 aliphatic heterocycles. The third kappa shape index (κ3) is 3.26. The second-order valence-corrected chi connectivity index (χ2v) is 5.59. The number of aryl methyl sites for hydroxylation is 1. The molecule has 106 valence electrons.